The van der Waals surface area contributed by atoms with Crippen LogP contribution in [0.15, 0.2) is 11.6 Å². The molecular formula is C31H48O7. The lowest BCUT2D eigenvalue weighted by molar-refractivity contribution is -0.234. The SMILES string of the molecule is CC(=O)O[C@H]1C[C@]2(C(=O)O)CC[C@]3(O)C(=CC[C@@H]4[C@@]5(C)CC[C@H](O)C(C)(C)[C@@H]5CC[C@]43C)[C@@H]2C[C@@]1(C)CO. The topological polar surface area (TPSA) is 124 Å². The Balaban J connectivity index is 1.59. The standard InChI is InChI=1S/C31H48O7/c1-18(33)38-24-16-30(25(35)36)13-14-31(37)19(20(30)15-27(24,4)17-32)7-8-22-28(5)11-10-23(34)26(2,3)21(28)9-12-29(22,31)6/h7,20-24,32,34,37H,8-17H2,1-6H3,(H,35,36)/t20-,21-,22+,23-,24-,27-,28-,29+,30+,31-/m0/s1. The monoisotopic (exact) mass is 532 g/mol. The highest BCUT2D eigenvalue weighted by Crippen LogP contribution is 2.73. The fourth-order valence-electron chi connectivity index (χ4n) is 10.7. The summed E-state index contributed by atoms with van der Waals surface area (Å²) in [5.41, 5.74) is -2.85. The number of carboxylic acids is 1. The molecule has 0 unspecified atom stereocenters. The number of aliphatic carboxylic acids is 1. The molecular weight excluding hydrogens is 484 g/mol. The summed E-state index contributed by atoms with van der Waals surface area (Å²) in [6.07, 6.45) is 6.55. The molecule has 7 nitrogen and oxygen atoms in total. The third kappa shape index (κ3) is 3.43. The van der Waals surface area contributed by atoms with Gasteiger partial charge >= 0.3 is 11.9 Å². The van der Waals surface area contributed by atoms with Crippen molar-refractivity contribution in [3.8, 4) is 0 Å². The molecule has 4 N–H and O–H groups in total. The third-order valence-corrected chi connectivity index (χ3v) is 13.1. The predicted octanol–water partition coefficient (Wildman–Crippen LogP) is 4.47. The summed E-state index contributed by atoms with van der Waals surface area (Å²) in [5, 5.41) is 44.7. The first kappa shape index (κ1) is 28.1. The van der Waals surface area contributed by atoms with Crippen molar-refractivity contribution in [2.75, 3.05) is 6.61 Å². The maximum Gasteiger partial charge on any atom is 0.310 e. The maximum atomic E-state index is 13.0. The van der Waals surface area contributed by atoms with Crippen LogP contribution in [0.3, 0.4) is 0 Å². The number of aliphatic hydroxyl groups is 3. The van der Waals surface area contributed by atoms with Crippen LogP contribution in [0.2, 0.25) is 0 Å². The zero-order chi connectivity index (χ0) is 28.1. The van der Waals surface area contributed by atoms with Crippen molar-refractivity contribution in [2.45, 2.75) is 117 Å². The van der Waals surface area contributed by atoms with E-state index in [1.165, 1.54) is 6.92 Å². The van der Waals surface area contributed by atoms with Crippen LogP contribution in [-0.4, -0.2) is 56.8 Å². The molecule has 0 bridgehead atoms. The van der Waals surface area contributed by atoms with E-state index in [9.17, 15) is 30.0 Å². The molecule has 4 fully saturated rings. The Hall–Kier alpha value is -1.44. The van der Waals surface area contributed by atoms with Crippen LogP contribution in [0.25, 0.3) is 0 Å². The first-order valence-corrected chi connectivity index (χ1v) is 14.6. The summed E-state index contributed by atoms with van der Waals surface area (Å²) in [6, 6.07) is 0. The van der Waals surface area contributed by atoms with Gasteiger partial charge in [-0.05, 0) is 85.5 Å². The number of allylic oxidation sites excluding steroid dienone is 1. The summed E-state index contributed by atoms with van der Waals surface area (Å²) < 4.78 is 5.62. The minimum Gasteiger partial charge on any atom is -0.481 e. The number of hydrogen-bond donors (Lipinski definition) is 4. The molecule has 0 radical (unpaired) electrons. The molecule has 0 heterocycles. The molecule has 5 aliphatic carbocycles. The van der Waals surface area contributed by atoms with Gasteiger partial charge in [-0.25, -0.2) is 0 Å². The number of carbonyl (C=O) groups is 2. The molecule has 0 aromatic rings. The second kappa shape index (κ2) is 8.53. The first-order chi connectivity index (χ1) is 17.5. The molecule has 5 rings (SSSR count). The summed E-state index contributed by atoms with van der Waals surface area (Å²) in [6.45, 7) is 12.0. The van der Waals surface area contributed by atoms with E-state index in [1.54, 1.807) is 0 Å². The Kier molecular flexibility index (Phi) is 6.31. The molecule has 5 aliphatic rings. The van der Waals surface area contributed by atoms with Gasteiger partial charge in [-0.3, -0.25) is 9.59 Å². The van der Waals surface area contributed by atoms with Gasteiger partial charge in [0.05, 0.1) is 23.7 Å². The smallest absolute Gasteiger partial charge is 0.310 e. The second-order valence-electron chi connectivity index (χ2n) is 15.0. The normalized spacial score (nSPS) is 51.4. The van der Waals surface area contributed by atoms with Crippen molar-refractivity contribution < 1.29 is 34.8 Å². The first-order valence-electron chi connectivity index (χ1n) is 14.6. The average Bonchev–Trinajstić information content (AvgIpc) is 2.82. The molecule has 0 saturated heterocycles. The lowest BCUT2D eigenvalue weighted by Crippen LogP contribution is -2.69. The van der Waals surface area contributed by atoms with E-state index in [-0.39, 0.29) is 35.9 Å². The Morgan fingerprint density at radius 2 is 1.68 bits per heavy atom. The Labute approximate surface area is 227 Å². The van der Waals surface area contributed by atoms with Gasteiger partial charge in [0.2, 0.25) is 0 Å². The highest BCUT2D eigenvalue weighted by Gasteiger charge is 2.71. The number of carbonyl (C=O) groups excluding carboxylic acids is 1. The van der Waals surface area contributed by atoms with Crippen LogP contribution < -0.4 is 0 Å². The largest absolute Gasteiger partial charge is 0.481 e. The van der Waals surface area contributed by atoms with Crippen molar-refractivity contribution in [1.82, 2.24) is 0 Å². The van der Waals surface area contributed by atoms with Gasteiger partial charge in [0, 0.05) is 24.2 Å². The summed E-state index contributed by atoms with van der Waals surface area (Å²) in [4.78, 5) is 24.9. The number of fused-ring (bicyclic) bond motifs is 7. The lowest BCUT2D eigenvalue weighted by Gasteiger charge is -2.70. The molecule has 0 amide bonds. The van der Waals surface area contributed by atoms with Gasteiger partial charge in [0.15, 0.2) is 0 Å². The van der Waals surface area contributed by atoms with E-state index in [1.807, 2.05) is 6.92 Å². The van der Waals surface area contributed by atoms with Crippen LogP contribution >= 0.6 is 0 Å². The summed E-state index contributed by atoms with van der Waals surface area (Å²) in [7, 11) is 0. The average molecular weight is 533 g/mol. The molecule has 10 atom stereocenters. The Morgan fingerprint density at radius 1 is 1.00 bits per heavy atom. The molecule has 214 valence electrons. The lowest BCUT2D eigenvalue weighted by atomic mass is 9.35. The maximum absolute atomic E-state index is 13.0. The molecule has 0 aliphatic heterocycles. The number of carboxylic acid groups (broad SMARTS) is 1. The summed E-state index contributed by atoms with van der Waals surface area (Å²) >= 11 is 0. The molecule has 0 aromatic carbocycles. The van der Waals surface area contributed by atoms with E-state index in [4.69, 9.17) is 4.74 Å². The van der Waals surface area contributed by atoms with Crippen LogP contribution in [-0.2, 0) is 14.3 Å². The number of aliphatic hydroxyl groups excluding tert-OH is 2. The predicted molar refractivity (Wildman–Crippen MR) is 142 cm³/mol. The van der Waals surface area contributed by atoms with Gasteiger partial charge in [-0.2, -0.15) is 0 Å². The zero-order valence-corrected chi connectivity index (χ0v) is 24.0. The van der Waals surface area contributed by atoms with Crippen molar-refractivity contribution in [2.24, 2.45) is 44.8 Å². The van der Waals surface area contributed by atoms with Crippen molar-refractivity contribution in [3.63, 3.8) is 0 Å². The minimum absolute atomic E-state index is 0.0264. The highest BCUT2D eigenvalue weighted by molar-refractivity contribution is 5.77. The fraction of sp³-hybridized carbons (Fsp3) is 0.871. The number of hydrogen-bond acceptors (Lipinski definition) is 6. The van der Waals surface area contributed by atoms with E-state index < -0.39 is 45.8 Å². The van der Waals surface area contributed by atoms with E-state index >= 15 is 0 Å². The van der Waals surface area contributed by atoms with Crippen molar-refractivity contribution >= 4 is 11.9 Å². The number of esters is 1. The Morgan fingerprint density at radius 3 is 2.29 bits per heavy atom. The molecule has 7 heteroatoms. The van der Waals surface area contributed by atoms with E-state index in [0.29, 0.717) is 25.2 Å². The third-order valence-electron chi connectivity index (χ3n) is 13.1. The van der Waals surface area contributed by atoms with Crippen molar-refractivity contribution in [3.05, 3.63) is 11.6 Å². The van der Waals surface area contributed by atoms with E-state index in [2.05, 4.69) is 33.8 Å². The minimum atomic E-state index is -1.14. The highest BCUT2D eigenvalue weighted by atomic mass is 16.5. The van der Waals surface area contributed by atoms with Crippen LogP contribution in [0, 0.1) is 44.8 Å². The van der Waals surface area contributed by atoms with Crippen molar-refractivity contribution in [1.29, 1.82) is 0 Å². The number of rotatable bonds is 3. The van der Waals surface area contributed by atoms with Gasteiger partial charge in [0.25, 0.3) is 0 Å². The quantitative estimate of drug-likeness (QED) is 0.312. The Bertz CT molecular complexity index is 1050. The molecule has 4 saturated carbocycles. The van der Waals surface area contributed by atoms with Crippen LogP contribution in [0.5, 0.6) is 0 Å². The molecule has 0 aromatic heterocycles. The summed E-state index contributed by atoms with van der Waals surface area (Å²) in [5.74, 6) is -1.23. The molecule has 38 heavy (non-hydrogen) atoms. The van der Waals surface area contributed by atoms with Crippen LogP contribution in [0.4, 0.5) is 0 Å². The van der Waals surface area contributed by atoms with Gasteiger partial charge < -0.3 is 25.2 Å². The van der Waals surface area contributed by atoms with Crippen LogP contribution in [0.1, 0.15) is 99.3 Å². The fourth-order valence-corrected chi connectivity index (χ4v) is 10.7. The van der Waals surface area contributed by atoms with Gasteiger partial charge in [-0.15, -0.1) is 0 Å². The van der Waals surface area contributed by atoms with Gasteiger partial charge in [-0.1, -0.05) is 40.7 Å². The zero-order valence-electron chi connectivity index (χ0n) is 24.0. The molecule has 0 spiro atoms. The second-order valence-corrected chi connectivity index (χ2v) is 15.0. The number of ether oxygens (including phenoxy) is 1. The van der Waals surface area contributed by atoms with E-state index in [0.717, 1.165) is 37.7 Å². The van der Waals surface area contributed by atoms with Gasteiger partial charge in [0.1, 0.15) is 6.10 Å².